The van der Waals surface area contributed by atoms with Gasteiger partial charge in [-0.25, -0.2) is 0 Å². The van der Waals surface area contributed by atoms with Crippen LogP contribution in [0.5, 0.6) is 0 Å². The highest BCUT2D eigenvalue weighted by Crippen LogP contribution is 2.21. The average molecular weight is 175 g/mol. The second-order valence-corrected chi connectivity index (χ2v) is 3.51. The van der Waals surface area contributed by atoms with Crippen molar-refractivity contribution in [2.75, 3.05) is 7.05 Å². The van der Waals surface area contributed by atoms with Gasteiger partial charge in [0, 0.05) is 18.9 Å². The third kappa shape index (κ3) is 2.11. The highest BCUT2D eigenvalue weighted by molar-refractivity contribution is 5.37. The van der Waals surface area contributed by atoms with Crippen LogP contribution in [0.15, 0.2) is 48.4 Å². The van der Waals surface area contributed by atoms with Crippen molar-refractivity contribution in [3.05, 3.63) is 48.4 Å². The third-order valence-electron chi connectivity index (χ3n) is 2.19. The Hall–Kier alpha value is -1.24. The first-order valence-corrected chi connectivity index (χ1v) is 4.61. The molecule has 0 N–H and O–H groups in total. The Morgan fingerprint density at radius 2 is 2.15 bits per heavy atom. The lowest BCUT2D eigenvalue weighted by Crippen LogP contribution is -2.14. The molecule has 0 aliphatic carbocycles. The van der Waals surface area contributed by atoms with Crippen molar-refractivity contribution in [3.8, 4) is 0 Å². The zero-order valence-corrected chi connectivity index (χ0v) is 8.62. The van der Waals surface area contributed by atoms with Crippen molar-refractivity contribution in [2.24, 2.45) is 5.92 Å². The van der Waals surface area contributed by atoms with E-state index in [-0.39, 0.29) is 0 Å². The van der Waals surface area contributed by atoms with Crippen molar-refractivity contribution in [1.29, 1.82) is 0 Å². The molecule has 0 saturated carbocycles. The van der Waals surface area contributed by atoms with Crippen LogP contribution >= 0.6 is 0 Å². The van der Waals surface area contributed by atoms with Gasteiger partial charge in [0.05, 0.1) is 0 Å². The van der Waals surface area contributed by atoms with Gasteiger partial charge < -0.3 is 4.90 Å². The van der Waals surface area contributed by atoms with E-state index in [1.165, 1.54) is 11.3 Å². The summed E-state index contributed by atoms with van der Waals surface area (Å²) in [7, 11) is 2.06. The second kappa shape index (κ2) is 4.13. The molecule has 1 nitrogen and oxygen atoms in total. The minimum atomic E-state index is 0.520. The van der Waals surface area contributed by atoms with E-state index < -0.39 is 0 Å². The molecule has 0 aromatic carbocycles. The molecule has 0 amide bonds. The van der Waals surface area contributed by atoms with Gasteiger partial charge in [0.15, 0.2) is 0 Å². The summed E-state index contributed by atoms with van der Waals surface area (Å²) in [5.74, 6) is 0.520. The van der Waals surface area contributed by atoms with Gasteiger partial charge in [-0.3, -0.25) is 0 Å². The molecule has 0 radical (unpaired) electrons. The quantitative estimate of drug-likeness (QED) is 0.623. The predicted molar refractivity (Wildman–Crippen MR) is 58.1 cm³/mol. The Morgan fingerprint density at radius 3 is 2.62 bits per heavy atom. The Balaban J connectivity index is 3.07. The van der Waals surface area contributed by atoms with Gasteiger partial charge in [-0.15, -0.1) is 0 Å². The molecule has 1 aliphatic rings. The summed E-state index contributed by atoms with van der Waals surface area (Å²) in [5.41, 5.74) is 2.54. The maximum absolute atomic E-state index is 3.85. The monoisotopic (exact) mass is 175 g/mol. The summed E-state index contributed by atoms with van der Waals surface area (Å²) in [6.45, 7) is 8.22. The fraction of sp³-hybridized carbons (Fsp3) is 0.333. The fourth-order valence-corrected chi connectivity index (χ4v) is 1.46. The van der Waals surface area contributed by atoms with E-state index in [4.69, 9.17) is 0 Å². The van der Waals surface area contributed by atoms with Crippen LogP contribution in [0.3, 0.4) is 0 Å². The number of rotatable bonds is 2. The topological polar surface area (TPSA) is 3.24 Å². The zero-order valence-electron chi connectivity index (χ0n) is 8.62. The Morgan fingerprint density at radius 1 is 1.46 bits per heavy atom. The van der Waals surface area contributed by atoms with Crippen LogP contribution in [0.4, 0.5) is 0 Å². The molecule has 70 valence electrons. The highest BCUT2D eigenvalue weighted by atomic mass is 15.1. The molecule has 0 saturated heterocycles. The smallest absolute Gasteiger partial charge is 0.0438 e. The van der Waals surface area contributed by atoms with Crippen LogP contribution in [0, 0.1) is 5.92 Å². The standard InChI is InChI=1S/C12H17N/c1-5-11(10(2)3)12-8-6-7-9-13(12)4/h5-10H,1H2,2-4H3/b12-11+. The van der Waals surface area contributed by atoms with E-state index in [9.17, 15) is 0 Å². The van der Waals surface area contributed by atoms with Crippen LogP contribution in [-0.2, 0) is 0 Å². The molecule has 0 atom stereocenters. The first-order chi connectivity index (χ1) is 6.16. The largest absolute Gasteiger partial charge is 0.351 e. The van der Waals surface area contributed by atoms with Gasteiger partial charge in [-0.05, 0) is 23.6 Å². The molecule has 0 unspecified atom stereocenters. The summed E-state index contributed by atoms with van der Waals surface area (Å²) < 4.78 is 0. The van der Waals surface area contributed by atoms with Gasteiger partial charge >= 0.3 is 0 Å². The minimum Gasteiger partial charge on any atom is -0.351 e. The molecule has 0 aromatic heterocycles. The van der Waals surface area contributed by atoms with Gasteiger partial charge in [-0.1, -0.05) is 32.6 Å². The van der Waals surface area contributed by atoms with Crippen LogP contribution in [0.25, 0.3) is 0 Å². The molecule has 0 spiro atoms. The number of nitrogens with zero attached hydrogens (tertiary/aromatic N) is 1. The lowest BCUT2D eigenvalue weighted by molar-refractivity contribution is 0.564. The van der Waals surface area contributed by atoms with Gasteiger partial charge in [0.25, 0.3) is 0 Å². The number of likely N-dealkylation sites (N-methyl/N-ethyl adjacent to an activating group) is 1. The molecule has 0 fully saturated rings. The van der Waals surface area contributed by atoms with E-state index in [1.807, 2.05) is 12.2 Å². The number of hydrogen-bond donors (Lipinski definition) is 0. The summed E-state index contributed by atoms with van der Waals surface area (Å²) in [5, 5.41) is 0. The molecule has 13 heavy (non-hydrogen) atoms. The Labute approximate surface area is 80.7 Å². The predicted octanol–water partition coefficient (Wildman–Crippen LogP) is 3.10. The van der Waals surface area contributed by atoms with Crippen molar-refractivity contribution in [1.82, 2.24) is 4.90 Å². The van der Waals surface area contributed by atoms with Crippen molar-refractivity contribution in [2.45, 2.75) is 13.8 Å². The van der Waals surface area contributed by atoms with E-state index in [1.54, 1.807) is 0 Å². The summed E-state index contributed by atoms with van der Waals surface area (Å²) >= 11 is 0. The van der Waals surface area contributed by atoms with E-state index >= 15 is 0 Å². The van der Waals surface area contributed by atoms with Crippen molar-refractivity contribution < 1.29 is 0 Å². The summed E-state index contributed by atoms with van der Waals surface area (Å²) in [4.78, 5) is 2.12. The van der Waals surface area contributed by atoms with Crippen LogP contribution in [0.1, 0.15) is 13.8 Å². The third-order valence-corrected chi connectivity index (χ3v) is 2.19. The SMILES string of the molecule is C=C/C(=C1/C=CC=CN1C)C(C)C. The van der Waals surface area contributed by atoms with Crippen LogP contribution < -0.4 is 0 Å². The summed E-state index contributed by atoms with van der Waals surface area (Å²) in [6, 6.07) is 0. The number of hydrogen-bond acceptors (Lipinski definition) is 1. The molecular weight excluding hydrogens is 158 g/mol. The van der Waals surface area contributed by atoms with Crippen LogP contribution in [0.2, 0.25) is 0 Å². The molecule has 1 rings (SSSR count). The van der Waals surface area contributed by atoms with Crippen molar-refractivity contribution >= 4 is 0 Å². The molecule has 1 heterocycles. The van der Waals surface area contributed by atoms with E-state index in [0.717, 1.165) is 0 Å². The van der Waals surface area contributed by atoms with Gasteiger partial charge in [-0.2, -0.15) is 0 Å². The second-order valence-electron chi connectivity index (χ2n) is 3.51. The minimum absolute atomic E-state index is 0.520. The van der Waals surface area contributed by atoms with Crippen molar-refractivity contribution in [3.63, 3.8) is 0 Å². The molecule has 1 heteroatoms. The first-order valence-electron chi connectivity index (χ1n) is 4.61. The van der Waals surface area contributed by atoms with Gasteiger partial charge in [0.2, 0.25) is 0 Å². The lowest BCUT2D eigenvalue weighted by Gasteiger charge is -2.22. The van der Waals surface area contributed by atoms with Crippen LogP contribution in [-0.4, -0.2) is 11.9 Å². The first kappa shape index (κ1) is 9.85. The van der Waals surface area contributed by atoms with E-state index in [0.29, 0.717) is 5.92 Å². The maximum Gasteiger partial charge on any atom is 0.0438 e. The zero-order chi connectivity index (χ0) is 9.84. The molecule has 0 bridgehead atoms. The van der Waals surface area contributed by atoms with Gasteiger partial charge in [0.1, 0.15) is 0 Å². The Kier molecular flexibility index (Phi) is 3.13. The number of allylic oxidation sites excluding steroid dienone is 5. The van der Waals surface area contributed by atoms with E-state index in [2.05, 4.69) is 50.7 Å². The Bertz CT molecular complexity index is 279. The summed E-state index contributed by atoms with van der Waals surface area (Å²) in [6.07, 6.45) is 10.2. The highest BCUT2D eigenvalue weighted by Gasteiger charge is 2.09. The fourth-order valence-electron chi connectivity index (χ4n) is 1.46. The molecule has 0 aromatic rings. The maximum atomic E-state index is 3.85. The normalized spacial score (nSPS) is 19.5. The average Bonchev–Trinajstić information content (AvgIpc) is 2.09. The molecular formula is C12H17N. The lowest BCUT2D eigenvalue weighted by atomic mass is 9.99. The molecule has 1 aliphatic heterocycles.